The van der Waals surface area contributed by atoms with Crippen molar-refractivity contribution in [2.45, 2.75) is 24.4 Å². The molecule has 3 N–H and O–H groups in total. The van der Waals surface area contributed by atoms with Gasteiger partial charge in [0.05, 0.1) is 18.6 Å². The summed E-state index contributed by atoms with van der Waals surface area (Å²) in [5.74, 6) is 0.294. The molecule has 0 aliphatic rings. The predicted molar refractivity (Wildman–Crippen MR) is 151 cm³/mol. The molecule has 7 nitrogen and oxygen atoms in total. The lowest BCUT2D eigenvalue weighted by Crippen LogP contribution is -2.41. The van der Waals surface area contributed by atoms with Crippen LogP contribution in [0, 0.1) is 0 Å². The summed E-state index contributed by atoms with van der Waals surface area (Å²) >= 11 is 1.59. The molecule has 0 atom stereocenters. The van der Waals surface area contributed by atoms with Crippen LogP contribution in [0.3, 0.4) is 0 Å². The Hall–Kier alpha value is -3.50. The van der Waals surface area contributed by atoms with E-state index in [9.17, 15) is 13.2 Å². The molecule has 0 bridgehead atoms. The molecular weight excluding hydrogens is 518 g/mol. The van der Waals surface area contributed by atoms with E-state index >= 15 is 0 Å². The minimum atomic E-state index is -3.94. The zero-order valence-corrected chi connectivity index (χ0v) is 22.8. The molecule has 1 heterocycles. The molecule has 0 unspecified atom stereocenters. The Morgan fingerprint density at radius 1 is 0.947 bits per heavy atom. The number of methoxy groups -OCH3 is 1. The first-order valence-corrected chi connectivity index (χ1v) is 14.5. The highest BCUT2D eigenvalue weighted by atomic mass is 32.2. The van der Waals surface area contributed by atoms with Crippen LogP contribution in [0.2, 0.25) is 0 Å². The second kappa shape index (κ2) is 12.8. The lowest BCUT2D eigenvalue weighted by atomic mass is 10.1. The van der Waals surface area contributed by atoms with E-state index in [-0.39, 0.29) is 23.9 Å². The van der Waals surface area contributed by atoms with Crippen LogP contribution in [0.4, 0.5) is 0 Å². The third kappa shape index (κ3) is 6.87. The average molecular weight is 550 g/mol. The predicted octanol–water partition coefficient (Wildman–Crippen LogP) is 4.43. The topological polar surface area (TPSA) is 102 Å². The molecule has 0 fully saturated rings. The molecule has 0 aliphatic heterocycles. The zero-order chi connectivity index (χ0) is 27.0. The highest BCUT2D eigenvalue weighted by molar-refractivity contribution is 7.89. The number of rotatable bonds is 12. The lowest BCUT2D eigenvalue weighted by Gasteiger charge is -2.22. The molecule has 0 aliphatic carbocycles. The van der Waals surface area contributed by atoms with Gasteiger partial charge in [-0.25, -0.2) is 8.42 Å². The molecule has 4 rings (SSSR count). The van der Waals surface area contributed by atoms with E-state index in [1.54, 1.807) is 42.7 Å². The molecular formula is C29H31N3O4S2. The molecule has 0 saturated carbocycles. The summed E-state index contributed by atoms with van der Waals surface area (Å²) in [5.41, 5.74) is 9.36. The number of thiophene rings is 1. The summed E-state index contributed by atoms with van der Waals surface area (Å²) in [6, 6.07) is 25.8. The van der Waals surface area contributed by atoms with Crippen molar-refractivity contribution in [1.29, 1.82) is 0 Å². The van der Waals surface area contributed by atoms with Gasteiger partial charge < -0.3 is 15.8 Å². The minimum absolute atomic E-state index is 0.119. The van der Waals surface area contributed by atoms with Crippen molar-refractivity contribution < 1.29 is 17.9 Å². The van der Waals surface area contributed by atoms with Gasteiger partial charge in [-0.2, -0.15) is 4.31 Å². The van der Waals surface area contributed by atoms with Crippen LogP contribution in [0.5, 0.6) is 5.75 Å². The van der Waals surface area contributed by atoms with E-state index in [1.165, 1.54) is 4.31 Å². The second-order valence-corrected chi connectivity index (χ2v) is 11.6. The van der Waals surface area contributed by atoms with Crippen molar-refractivity contribution in [2.75, 3.05) is 20.2 Å². The van der Waals surface area contributed by atoms with Gasteiger partial charge in [0.2, 0.25) is 15.9 Å². The number of hydrogen-bond acceptors (Lipinski definition) is 6. The standard InChI is InChI=1S/C29H31N3O4S2/c1-36-27-6-3-2-5-24(27)16-17-32(21-29(33)31-20-23-10-8-22(19-30)9-11-23)38(34,35)26-14-12-25(13-15-26)28-7-4-18-37-28/h2-15,18H,16-17,19-21,30H2,1H3,(H,31,33). The van der Waals surface area contributed by atoms with E-state index in [0.717, 1.165) is 27.1 Å². The third-order valence-electron chi connectivity index (χ3n) is 6.19. The maximum Gasteiger partial charge on any atom is 0.243 e. The second-order valence-electron chi connectivity index (χ2n) is 8.70. The van der Waals surface area contributed by atoms with Crippen molar-refractivity contribution in [2.24, 2.45) is 5.73 Å². The Balaban J connectivity index is 1.52. The van der Waals surface area contributed by atoms with Crippen LogP contribution in [-0.2, 0) is 34.3 Å². The zero-order valence-electron chi connectivity index (χ0n) is 21.2. The molecule has 0 spiro atoms. The van der Waals surface area contributed by atoms with Crippen LogP contribution in [-0.4, -0.2) is 38.8 Å². The quantitative estimate of drug-likeness (QED) is 0.272. The Morgan fingerprint density at radius 2 is 1.66 bits per heavy atom. The van der Waals surface area contributed by atoms with Gasteiger partial charge in [-0.15, -0.1) is 11.3 Å². The number of carbonyl (C=O) groups excluding carboxylic acids is 1. The maximum atomic E-state index is 13.7. The van der Waals surface area contributed by atoms with E-state index in [2.05, 4.69) is 5.32 Å². The van der Waals surface area contributed by atoms with Crippen LogP contribution >= 0.6 is 11.3 Å². The molecule has 0 radical (unpaired) electrons. The van der Waals surface area contributed by atoms with Gasteiger partial charge in [-0.05, 0) is 58.3 Å². The first kappa shape index (κ1) is 27.5. The number of sulfonamides is 1. The minimum Gasteiger partial charge on any atom is -0.496 e. The van der Waals surface area contributed by atoms with Crippen molar-refractivity contribution in [1.82, 2.24) is 9.62 Å². The maximum absolute atomic E-state index is 13.7. The van der Waals surface area contributed by atoms with Gasteiger partial charge in [-0.3, -0.25) is 4.79 Å². The molecule has 1 amide bonds. The van der Waals surface area contributed by atoms with Crippen molar-refractivity contribution in [3.05, 3.63) is 107 Å². The van der Waals surface area contributed by atoms with Gasteiger partial charge in [0.15, 0.2) is 0 Å². The highest BCUT2D eigenvalue weighted by Crippen LogP contribution is 2.27. The van der Waals surface area contributed by atoms with Crippen LogP contribution in [0.25, 0.3) is 10.4 Å². The average Bonchev–Trinajstić information content (AvgIpc) is 3.50. The Bertz CT molecular complexity index is 1440. The first-order chi connectivity index (χ1) is 18.4. The van der Waals surface area contributed by atoms with Gasteiger partial charge in [0.25, 0.3) is 0 Å². The van der Waals surface area contributed by atoms with Crippen LogP contribution in [0.1, 0.15) is 16.7 Å². The monoisotopic (exact) mass is 549 g/mol. The summed E-state index contributed by atoms with van der Waals surface area (Å²) in [7, 11) is -2.36. The number of nitrogens with zero attached hydrogens (tertiary/aromatic N) is 1. The molecule has 1 aromatic heterocycles. The van der Waals surface area contributed by atoms with E-state index in [4.69, 9.17) is 10.5 Å². The number of benzene rings is 3. The van der Waals surface area contributed by atoms with Crippen molar-refractivity contribution in [3.8, 4) is 16.2 Å². The molecule has 38 heavy (non-hydrogen) atoms. The fraction of sp³-hybridized carbons (Fsp3) is 0.207. The number of nitrogens with two attached hydrogens (primary N) is 1. The number of hydrogen-bond donors (Lipinski definition) is 2. The number of amides is 1. The van der Waals surface area contributed by atoms with Gasteiger partial charge in [0.1, 0.15) is 5.75 Å². The summed E-state index contributed by atoms with van der Waals surface area (Å²) in [5, 5.41) is 4.82. The van der Waals surface area contributed by atoms with Gasteiger partial charge >= 0.3 is 0 Å². The molecule has 4 aromatic rings. The van der Waals surface area contributed by atoms with Crippen molar-refractivity contribution in [3.63, 3.8) is 0 Å². The lowest BCUT2D eigenvalue weighted by molar-refractivity contribution is -0.121. The number of carbonyl (C=O) groups is 1. The largest absolute Gasteiger partial charge is 0.496 e. The number of nitrogens with one attached hydrogen (secondary N) is 1. The van der Waals surface area contributed by atoms with Crippen LogP contribution in [0.15, 0.2) is 95.2 Å². The fourth-order valence-corrected chi connectivity index (χ4v) is 6.16. The summed E-state index contributed by atoms with van der Waals surface area (Å²) < 4.78 is 34.0. The SMILES string of the molecule is COc1ccccc1CCN(CC(=O)NCc1ccc(CN)cc1)S(=O)(=O)c1ccc(-c2cccs2)cc1. The Labute approximate surface area is 227 Å². The summed E-state index contributed by atoms with van der Waals surface area (Å²) in [6.45, 7) is 0.554. The van der Waals surface area contributed by atoms with Crippen LogP contribution < -0.4 is 15.8 Å². The van der Waals surface area contributed by atoms with Crippen molar-refractivity contribution >= 4 is 27.3 Å². The van der Waals surface area contributed by atoms with Gasteiger partial charge in [0, 0.05) is 24.5 Å². The Kier molecular flexibility index (Phi) is 9.30. The number of para-hydroxylation sites is 1. The molecule has 0 saturated heterocycles. The summed E-state index contributed by atoms with van der Waals surface area (Å²) in [6.07, 6.45) is 0.393. The highest BCUT2D eigenvalue weighted by Gasteiger charge is 2.27. The molecule has 3 aromatic carbocycles. The smallest absolute Gasteiger partial charge is 0.243 e. The van der Waals surface area contributed by atoms with Gasteiger partial charge in [-0.1, -0.05) is 60.7 Å². The molecule has 198 valence electrons. The van der Waals surface area contributed by atoms with E-state index < -0.39 is 10.0 Å². The van der Waals surface area contributed by atoms with E-state index in [0.29, 0.717) is 25.3 Å². The third-order valence-corrected chi connectivity index (χ3v) is 8.97. The first-order valence-electron chi connectivity index (χ1n) is 12.2. The summed E-state index contributed by atoms with van der Waals surface area (Å²) in [4.78, 5) is 14.1. The normalized spacial score (nSPS) is 11.4. The molecule has 9 heteroatoms. The fourth-order valence-electron chi connectivity index (χ4n) is 4.03. The Morgan fingerprint density at radius 3 is 2.32 bits per heavy atom. The number of ether oxygens (including phenoxy) is 1. The van der Waals surface area contributed by atoms with E-state index in [1.807, 2.05) is 66.0 Å².